The monoisotopic (exact) mass is 553 g/mol. The molecular formula is C33H32FN3O4. The summed E-state index contributed by atoms with van der Waals surface area (Å²) in [5.74, 6) is -1.80. The van der Waals surface area contributed by atoms with Crippen LogP contribution in [0.3, 0.4) is 0 Å². The lowest BCUT2D eigenvalue weighted by atomic mass is 9.76. The van der Waals surface area contributed by atoms with E-state index in [0.717, 1.165) is 24.0 Å². The molecule has 1 amide bonds. The van der Waals surface area contributed by atoms with Gasteiger partial charge in [0.05, 0.1) is 29.7 Å². The number of rotatable bonds is 9. The van der Waals surface area contributed by atoms with Crippen molar-refractivity contribution in [1.29, 1.82) is 0 Å². The highest BCUT2D eigenvalue weighted by Gasteiger charge is 2.31. The molecule has 210 valence electrons. The van der Waals surface area contributed by atoms with Crippen LogP contribution < -0.4 is 10.1 Å². The molecular weight excluding hydrogens is 521 g/mol. The Balaban J connectivity index is 1.50. The van der Waals surface area contributed by atoms with E-state index in [4.69, 9.17) is 4.74 Å². The maximum Gasteiger partial charge on any atom is 0.336 e. The summed E-state index contributed by atoms with van der Waals surface area (Å²) < 4.78 is 19.4. The van der Waals surface area contributed by atoms with Crippen LogP contribution in [-0.2, 0) is 0 Å². The summed E-state index contributed by atoms with van der Waals surface area (Å²) in [7, 11) is 1.40. The second-order valence-electron chi connectivity index (χ2n) is 10.3. The number of H-pyrrole nitrogens is 1. The molecule has 3 N–H and O–H groups in total. The second-order valence-corrected chi connectivity index (χ2v) is 10.3. The molecule has 0 fully saturated rings. The van der Waals surface area contributed by atoms with E-state index in [1.165, 1.54) is 25.3 Å². The molecule has 1 aromatic heterocycles. The zero-order valence-electron chi connectivity index (χ0n) is 23.1. The van der Waals surface area contributed by atoms with Gasteiger partial charge in [-0.25, -0.2) is 14.2 Å². The highest BCUT2D eigenvalue weighted by molar-refractivity contribution is 5.99. The minimum Gasteiger partial charge on any atom is -0.494 e. The van der Waals surface area contributed by atoms with Gasteiger partial charge in [-0.2, -0.15) is 0 Å². The standard InChI is InChI=1S/C33H32FN3O4/c1-4-9-26(20-11-6-5-7-12-20)37-32(38)21-14-15-22(24(16-21)33(39)40)30-19(2)10-8-13-23(30)31-35-27-17-25(34)29(41-3)18-28(27)36-31/h5-8,10-19,26,30H,4,9H2,1-3H3,(H,35,36)(H,37,38)(H,39,40)/t19-,26+,30?/m0/s1. The van der Waals surface area contributed by atoms with Crippen molar-refractivity contribution in [3.8, 4) is 5.75 Å². The summed E-state index contributed by atoms with van der Waals surface area (Å²) in [4.78, 5) is 33.7. The molecule has 41 heavy (non-hydrogen) atoms. The topological polar surface area (TPSA) is 104 Å². The minimum atomic E-state index is -1.12. The molecule has 1 aliphatic carbocycles. The van der Waals surface area contributed by atoms with Crippen molar-refractivity contribution < 1.29 is 23.8 Å². The number of carboxylic acids is 1. The lowest BCUT2D eigenvalue weighted by Gasteiger charge is -2.28. The molecule has 8 heteroatoms. The number of carbonyl (C=O) groups excluding carboxylic acids is 1. The number of carboxylic acid groups (broad SMARTS) is 1. The maximum atomic E-state index is 14.3. The Kier molecular flexibility index (Phi) is 8.01. The van der Waals surface area contributed by atoms with Crippen LogP contribution in [0.5, 0.6) is 5.75 Å². The molecule has 0 aliphatic heterocycles. The Bertz CT molecular complexity index is 1660. The quantitative estimate of drug-likeness (QED) is 0.206. The Morgan fingerprint density at radius 2 is 1.93 bits per heavy atom. The first-order chi connectivity index (χ1) is 19.8. The SMILES string of the molecule is CCC[C@@H](NC(=O)c1ccc(C2C(c3nc4cc(OC)c(F)cc4[nH]3)=CC=C[C@@H]2C)c(C(=O)O)c1)c1ccccc1. The highest BCUT2D eigenvalue weighted by Crippen LogP contribution is 2.42. The van der Waals surface area contributed by atoms with Gasteiger partial charge in [-0.05, 0) is 35.6 Å². The number of benzene rings is 3. The average Bonchev–Trinajstić information content (AvgIpc) is 3.39. The van der Waals surface area contributed by atoms with Crippen molar-refractivity contribution in [1.82, 2.24) is 15.3 Å². The number of methoxy groups -OCH3 is 1. The van der Waals surface area contributed by atoms with E-state index in [9.17, 15) is 19.1 Å². The summed E-state index contributed by atoms with van der Waals surface area (Å²) in [6.45, 7) is 4.06. The number of hydrogen-bond acceptors (Lipinski definition) is 4. The van der Waals surface area contributed by atoms with Crippen LogP contribution in [-0.4, -0.2) is 34.1 Å². The van der Waals surface area contributed by atoms with Gasteiger partial charge < -0.3 is 20.1 Å². The van der Waals surface area contributed by atoms with Crippen LogP contribution in [0.2, 0.25) is 0 Å². The molecule has 0 saturated heterocycles. The number of carbonyl (C=O) groups is 2. The fourth-order valence-corrected chi connectivity index (χ4v) is 5.51. The predicted octanol–water partition coefficient (Wildman–Crippen LogP) is 7.05. The molecule has 1 aliphatic rings. The molecule has 0 saturated carbocycles. The summed E-state index contributed by atoms with van der Waals surface area (Å²) in [6.07, 6.45) is 7.43. The number of ether oxygens (including phenoxy) is 1. The van der Waals surface area contributed by atoms with Gasteiger partial charge in [0, 0.05) is 29.2 Å². The maximum absolute atomic E-state index is 14.3. The van der Waals surface area contributed by atoms with Gasteiger partial charge in [0.1, 0.15) is 5.82 Å². The molecule has 3 atom stereocenters. The molecule has 0 spiro atoms. The van der Waals surface area contributed by atoms with E-state index in [-0.39, 0.29) is 40.7 Å². The predicted molar refractivity (Wildman–Crippen MR) is 157 cm³/mol. The van der Waals surface area contributed by atoms with Crippen molar-refractivity contribution in [2.75, 3.05) is 7.11 Å². The van der Waals surface area contributed by atoms with Crippen molar-refractivity contribution in [2.45, 2.75) is 38.6 Å². The summed E-state index contributed by atoms with van der Waals surface area (Å²) >= 11 is 0. The molecule has 3 aromatic carbocycles. The lowest BCUT2D eigenvalue weighted by Crippen LogP contribution is -2.29. The summed E-state index contributed by atoms with van der Waals surface area (Å²) in [5.41, 5.74) is 3.69. The number of nitrogens with one attached hydrogen (secondary N) is 2. The molecule has 4 aromatic rings. The third kappa shape index (κ3) is 5.63. The van der Waals surface area contributed by atoms with Crippen LogP contribution >= 0.6 is 0 Å². The van der Waals surface area contributed by atoms with Gasteiger partial charge in [-0.3, -0.25) is 4.79 Å². The molecule has 7 nitrogen and oxygen atoms in total. The van der Waals surface area contributed by atoms with Crippen LogP contribution in [0.25, 0.3) is 16.6 Å². The molecule has 5 rings (SSSR count). The van der Waals surface area contributed by atoms with Gasteiger partial charge in [0.2, 0.25) is 0 Å². The van der Waals surface area contributed by atoms with Gasteiger partial charge in [-0.15, -0.1) is 0 Å². The Morgan fingerprint density at radius 3 is 2.63 bits per heavy atom. The van der Waals surface area contributed by atoms with Crippen molar-refractivity contribution in [3.63, 3.8) is 0 Å². The smallest absolute Gasteiger partial charge is 0.336 e. The minimum absolute atomic E-state index is 0.0475. The molecule has 1 unspecified atom stereocenters. The number of fused-ring (bicyclic) bond motifs is 1. The third-order valence-corrected chi connectivity index (χ3v) is 7.55. The molecule has 0 bridgehead atoms. The van der Waals surface area contributed by atoms with E-state index in [2.05, 4.69) is 22.2 Å². The Morgan fingerprint density at radius 1 is 1.15 bits per heavy atom. The van der Waals surface area contributed by atoms with Gasteiger partial charge in [-0.1, -0.05) is 74.9 Å². The van der Waals surface area contributed by atoms with E-state index in [1.54, 1.807) is 12.1 Å². The van der Waals surface area contributed by atoms with Crippen molar-refractivity contribution in [3.05, 3.63) is 113 Å². The van der Waals surface area contributed by atoms with Crippen LogP contribution in [0.15, 0.2) is 78.9 Å². The number of amides is 1. The third-order valence-electron chi connectivity index (χ3n) is 7.55. The average molecular weight is 554 g/mol. The first-order valence-electron chi connectivity index (χ1n) is 13.7. The zero-order chi connectivity index (χ0) is 29.1. The fraction of sp³-hybridized carbons (Fsp3) is 0.242. The van der Waals surface area contributed by atoms with E-state index >= 15 is 0 Å². The number of aromatic carboxylic acids is 1. The van der Waals surface area contributed by atoms with Gasteiger partial charge >= 0.3 is 5.97 Å². The number of nitrogens with zero attached hydrogens (tertiary/aromatic N) is 1. The summed E-state index contributed by atoms with van der Waals surface area (Å²) in [6, 6.07) is 17.3. The van der Waals surface area contributed by atoms with E-state index in [0.29, 0.717) is 22.4 Å². The highest BCUT2D eigenvalue weighted by atomic mass is 19.1. The number of imidazole rings is 1. The summed E-state index contributed by atoms with van der Waals surface area (Å²) in [5, 5.41) is 13.3. The van der Waals surface area contributed by atoms with Crippen LogP contribution in [0.1, 0.15) is 76.3 Å². The largest absolute Gasteiger partial charge is 0.494 e. The normalized spacial score (nSPS) is 17.2. The van der Waals surface area contributed by atoms with Crippen molar-refractivity contribution >= 4 is 28.5 Å². The molecule has 1 heterocycles. The van der Waals surface area contributed by atoms with Gasteiger partial charge in [0.15, 0.2) is 11.6 Å². The number of hydrogen-bond donors (Lipinski definition) is 3. The fourth-order valence-electron chi connectivity index (χ4n) is 5.51. The zero-order valence-corrected chi connectivity index (χ0v) is 23.1. The van der Waals surface area contributed by atoms with Crippen LogP contribution in [0, 0.1) is 11.7 Å². The first-order valence-corrected chi connectivity index (χ1v) is 13.7. The first kappa shape index (κ1) is 27.8. The van der Waals surface area contributed by atoms with E-state index in [1.807, 2.05) is 55.5 Å². The number of aromatic amines is 1. The van der Waals surface area contributed by atoms with Gasteiger partial charge in [0.25, 0.3) is 5.91 Å². The Hall–Kier alpha value is -4.72. The van der Waals surface area contributed by atoms with Crippen LogP contribution in [0.4, 0.5) is 4.39 Å². The number of halogens is 1. The molecule has 0 radical (unpaired) electrons. The van der Waals surface area contributed by atoms with Crippen molar-refractivity contribution in [2.24, 2.45) is 5.92 Å². The van der Waals surface area contributed by atoms with E-state index < -0.39 is 11.8 Å². The number of allylic oxidation sites excluding steroid dienone is 4. The lowest BCUT2D eigenvalue weighted by molar-refractivity contribution is 0.0695. The number of aromatic nitrogens is 2. The Labute approximate surface area is 237 Å². The second kappa shape index (κ2) is 11.8.